The standard InChI is InChI=1S/C44H25N3OS/c1-2-11-27-23-36-32(22-26(27)10-1)30-20-19-28(24-35(30)44(36)33-14-4-6-16-37(33)48-38-17-7-5-15-34(38)44)40-42-41(31-13-3-8-18-39(31)49-42)47-43(46-40)29-12-9-21-45-25-29/h1-25H. The maximum Gasteiger partial charge on any atom is 0.162 e. The summed E-state index contributed by atoms with van der Waals surface area (Å²) in [6.07, 6.45) is 3.63. The molecular weight excluding hydrogens is 619 g/mol. The molecule has 4 nitrogen and oxygen atoms in total. The maximum absolute atomic E-state index is 6.63. The molecule has 0 fully saturated rings. The number of hydrogen-bond donors (Lipinski definition) is 0. The van der Waals surface area contributed by atoms with E-state index in [-0.39, 0.29) is 0 Å². The van der Waals surface area contributed by atoms with Crippen LogP contribution >= 0.6 is 11.3 Å². The van der Waals surface area contributed by atoms with E-state index in [1.165, 1.54) is 37.7 Å². The van der Waals surface area contributed by atoms with Crippen molar-refractivity contribution in [2.75, 3.05) is 0 Å². The van der Waals surface area contributed by atoms with E-state index >= 15 is 0 Å². The van der Waals surface area contributed by atoms with Crippen LogP contribution in [0.5, 0.6) is 11.5 Å². The molecule has 0 bridgehead atoms. The second-order valence-corrected chi connectivity index (χ2v) is 13.8. The van der Waals surface area contributed by atoms with Gasteiger partial charge in [0.2, 0.25) is 0 Å². The third-order valence-corrected chi connectivity index (χ3v) is 11.4. The molecule has 1 spiro atoms. The van der Waals surface area contributed by atoms with Crippen LogP contribution in [0, 0.1) is 0 Å². The van der Waals surface area contributed by atoms with Crippen molar-refractivity contribution < 1.29 is 4.74 Å². The number of hydrogen-bond acceptors (Lipinski definition) is 5. The van der Waals surface area contributed by atoms with Gasteiger partial charge in [-0.1, -0.05) is 91.0 Å². The van der Waals surface area contributed by atoms with Crippen molar-refractivity contribution in [3.63, 3.8) is 0 Å². The van der Waals surface area contributed by atoms with Gasteiger partial charge in [0.05, 0.1) is 21.3 Å². The second kappa shape index (κ2) is 9.92. The summed E-state index contributed by atoms with van der Waals surface area (Å²) in [6.45, 7) is 0. The SMILES string of the molecule is c1cncc(-c2nc(-c3ccc4c(c3)C3(c5ccccc5Oc5ccccc53)c3cc5ccccc5cc3-4)c3sc4ccccc4c3n2)c1. The molecule has 5 heteroatoms. The minimum absolute atomic E-state index is 0.589. The van der Waals surface area contributed by atoms with E-state index in [0.29, 0.717) is 5.82 Å². The van der Waals surface area contributed by atoms with Crippen molar-refractivity contribution in [1.82, 2.24) is 15.0 Å². The van der Waals surface area contributed by atoms with Crippen molar-refractivity contribution in [1.29, 1.82) is 0 Å². The first-order chi connectivity index (χ1) is 24.3. The van der Waals surface area contributed by atoms with Crippen LogP contribution in [0.1, 0.15) is 22.3 Å². The van der Waals surface area contributed by atoms with Gasteiger partial charge in [-0.15, -0.1) is 11.3 Å². The molecule has 2 aliphatic rings. The predicted octanol–water partition coefficient (Wildman–Crippen LogP) is 11.2. The number of aromatic nitrogens is 3. The highest BCUT2D eigenvalue weighted by Crippen LogP contribution is 2.63. The molecule has 0 amide bonds. The summed E-state index contributed by atoms with van der Waals surface area (Å²) in [4.78, 5) is 14.9. The van der Waals surface area contributed by atoms with E-state index in [2.05, 4.69) is 132 Å². The fourth-order valence-corrected chi connectivity index (χ4v) is 9.29. The molecule has 0 atom stereocenters. The first kappa shape index (κ1) is 26.9. The number of rotatable bonds is 2. The van der Waals surface area contributed by atoms with E-state index in [1.54, 1.807) is 17.5 Å². The molecule has 0 N–H and O–H groups in total. The Morgan fingerprint density at radius 1 is 0.551 bits per heavy atom. The molecule has 11 rings (SSSR count). The fraction of sp³-hybridized carbons (Fsp3) is 0.0227. The summed E-state index contributed by atoms with van der Waals surface area (Å²) in [6, 6.07) is 49.9. The van der Waals surface area contributed by atoms with Crippen molar-refractivity contribution >= 4 is 42.4 Å². The minimum atomic E-state index is -0.589. The Bertz CT molecular complexity index is 2780. The molecule has 9 aromatic rings. The van der Waals surface area contributed by atoms with Crippen LogP contribution in [-0.4, -0.2) is 15.0 Å². The molecule has 49 heavy (non-hydrogen) atoms. The van der Waals surface area contributed by atoms with Crippen LogP contribution in [0.4, 0.5) is 0 Å². The Hall–Kier alpha value is -6.17. The van der Waals surface area contributed by atoms with Gasteiger partial charge in [-0.25, -0.2) is 9.97 Å². The third-order valence-electron chi connectivity index (χ3n) is 10.2. The average molecular weight is 644 g/mol. The van der Waals surface area contributed by atoms with Crippen LogP contribution < -0.4 is 4.74 Å². The monoisotopic (exact) mass is 643 g/mol. The smallest absolute Gasteiger partial charge is 0.162 e. The summed E-state index contributed by atoms with van der Waals surface area (Å²) in [5.41, 5.74) is 10.5. The maximum atomic E-state index is 6.63. The number of ether oxygens (including phenoxy) is 1. The lowest BCUT2D eigenvalue weighted by Gasteiger charge is -2.39. The molecule has 0 unspecified atom stereocenters. The van der Waals surface area contributed by atoms with E-state index in [4.69, 9.17) is 14.7 Å². The van der Waals surface area contributed by atoms with Gasteiger partial charge in [0, 0.05) is 44.7 Å². The molecule has 0 saturated heterocycles. The zero-order chi connectivity index (χ0) is 32.1. The zero-order valence-electron chi connectivity index (χ0n) is 26.1. The first-order valence-electron chi connectivity index (χ1n) is 16.4. The molecule has 1 aliphatic heterocycles. The van der Waals surface area contributed by atoms with Crippen molar-refractivity contribution in [2.45, 2.75) is 5.41 Å². The summed E-state index contributed by atoms with van der Waals surface area (Å²) in [5.74, 6) is 2.43. The van der Waals surface area contributed by atoms with Gasteiger partial charge in [0.1, 0.15) is 11.5 Å². The van der Waals surface area contributed by atoms with E-state index in [1.807, 2.05) is 18.3 Å². The lowest BCUT2D eigenvalue weighted by atomic mass is 9.65. The zero-order valence-corrected chi connectivity index (χ0v) is 26.9. The van der Waals surface area contributed by atoms with Gasteiger partial charge in [0.15, 0.2) is 5.82 Å². The average Bonchev–Trinajstić information content (AvgIpc) is 3.67. The van der Waals surface area contributed by atoms with Gasteiger partial charge in [-0.2, -0.15) is 0 Å². The van der Waals surface area contributed by atoms with Crippen LogP contribution in [-0.2, 0) is 5.41 Å². The number of nitrogens with zero attached hydrogens (tertiary/aromatic N) is 3. The number of pyridine rings is 1. The van der Waals surface area contributed by atoms with Crippen LogP contribution in [0.15, 0.2) is 152 Å². The Labute approximate surface area is 286 Å². The highest BCUT2D eigenvalue weighted by molar-refractivity contribution is 7.26. The van der Waals surface area contributed by atoms with Crippen molar-refractivity contribution in [2.24, 2.45) is 0 Å². The number of benzene rings is 6. The second-order valence-electron chi connectivity index (χ2n) is 12.8. The van der Waals surface area contributed by atoms with Gasteiger partial charge in [-0.05, 0) is 81.6 Å². The summed E-state index contributed by atoms with van der Waals surface area (Å²) in [7, 11) is 0. The highest BCUT2D eigenvalue weighted by atomic mass is 32.1. The Kier molecular flexibility index (Phi) is 5.44. The number of para-hydroxylation sites is 2. The summed E-state index contributed by atoms with van der Waals surface area (Å²) in [5, 5.41) is 3.59. The molecule has 6 aromatic carbocycles. The fourth-order valence-electron chi connectivity index (χ4n) is 8.14. The first-order valence-corrected chi connectivity index (χ1v) is 17.2. The van der Waals surface area contributed by atoms with Gasteiger partial charge in [-0.3, -0.25) is 4.98 Å². The van der Waals surface area contributed by atoms with Crippen molar-refractivity contribution in [3.05, 3.63) is 174 Å². The van der Waals surface area contributed by atoms with Gasteiger partial charge >= 0.3 is 0 Å². The van der Waals surface area contributed by atoms with Crippen LogP contribution in [0.25, 0.3) is 64.8 Å². The van der Waals surface area contributed by atoms with E-state index < -0.39 is 5.41 Å². The minimum Gasteiger partial charge on any atom is -0.457 e. The van der Waals surface area contributed by atoms with Crippen LogP contribution in [0.2, 0.25) is 0 Å². The summed E-state index contributed by atoms with van der Waals surface area (Å²) >= 11 is 1.75. The van der Waals surface area contributed by atoms with Crippen molar-refractivity contribution in [3.8, 4) is 45.3 Å². The quantitative estimate of drug-likeness (QED) is 0.188. The van der Waals surface area contributed by atoms with Gasteiger partial charge in [0.25, 0.3) is 0 Å². The lowest BCUT2D eigenvalue weighted by molar-refractivity contribution is 0.436. The highest BCUT2D eigenvalue weighted by Gasteiger charge is 2.51. The molecular formula is C44H25N3OS. The Morgan fingerprint density at radius 2 is 1.27 bits per heavy atom. The topological polar surface area (TPSA) is 47.9 Å². The number of fused-ring (bicyclic) bond motifs is 13. The molecule has 4 heterocycles. The van der Waals surface area contributed by atoms with Gasteiger partial charge < -0.3 is 4.74 Å². The largest absolute Gasteiger partial charge is 0.457 e. The Morgan fingerprint density at radius 3 is 2.06 bits per heavy atom. The number of thiophene rings is 1. The lowest BCUT2D eigenvalue weighted by Crippen LogP contribution is -2.32. The normalized spacial score (nSPS) is 13.6. The molecule has 228 valence electrons. The predicted molar refractivity (Wildman–Crippen MR) is 198 cm³/mol. The van der Waals surface area contributed by atoms with E-state index in [0.717, 1.165) is 55.0 Å². The molecule has 3 aromatic heterocycles. The molecule has 0 radical (unpaired) electrons. The molecule has 1 aliphatic carbocycles. The Balaban J connectivity index is 1.27. The molecule has 0 saturated carbocycles. The van der Waals surface area contributed by atoms with Crippen LogP contribution in [0.3, 0.4) is 0 Å². The summed E-state index contributed by atoms with van der Waals surface area (Å²) < 4.78 is 8.90. The third kappa shape index (κ3) is 3.65. The van der Waals surface area contributed by atoms with E-state index in [9.17, 15) is 0 Å².